The van der Waals surface area contributed by atoms with Crippen molar-refractivity contribution in [3.05, 3.63) is 99.5 Å². The van der Waals surface area contributed by atoms with Crippen LogP contribution in [0.15, 0.2) is 76.5 Å². The van der Waals surface area contributed by atoms with Crippen LogP contribution in [-0.2, 0) is 11.3 Å². The maximum atomic E-state index is 13.6. The molecular formula is C29H30N2O2S. The molecule has 1 aliphatic rings. The summed E-state index contributed by atoms with van der Waals surface area (Å²) in [6, 6.07) is 21.8. The molecule has 0 aromatic heterocycles. The number of benzene rings is 3. The van der Waals surface area contributed by atoms with Gasteiger partial charge in [0.2, 0.25) is 0 Å². The minimum atomic E-state index is -0.0654. The fourth-order valence-electron chi connectivity index (χ4n) is 3.92. The van der Waals surface area contributed by atoms with E-state index in [1.807, 2.05) is 53.4 Å². The minimum absolute atomic E-state index is 0.00834. The van der Waals surface area contributed by atoms with Crippen LogP contribution in [-0.4, -0.2) is 18.4 Å². The van der Waals surface area contributed by atoms with Crippen LogP contribution in [0.25, 0.3) is 6.08 Å². The first-order valence-electron chi connectivity index (χ1n) is 11.7. The summed E-state index contributed by atoms with van der Waals surface area (Å²) in [6.07, 6.45) is 3.93. The fraction of sp³-hybridized carbons (Fsp3) is 0.241. The number of nitrogens with zero attached hydrogens (tertiary/aromatic N) is 1. The average Bonchev–Trinajstić information content (AvgIpc) is 2.84. The SMILES string of the molecule is CCCCNC(=O)c1ccc(C=C2Sc3ccccc3N(Cc3cc(C)ccc3C)C2=O)cc1. The van der Waals surface area contributed by atoms with E-state index in [0.29, 0.717) is 23.6 Å². The largest absolute Gasteiger partial charge is 0.352 e. The molecule has 34 heavy (non-hydrogen) atoms. The van der Waals surface area contributed by atoms with E-state index in [1.54, 1.807) is 0 Å². The number of carbonyl (C=O) groups excluding carboxylic acids is 2. The zero-order chi connectivity index (χ0) is 24.1. The maximum absolute atomic E-state index is 13.6. The van der Waals surface area contributed by atoms with Crippen LogP contribution < -0.4 is 10.2 Å². The van der Waals surface area contributed by atoms with Gasteiger partial charge < -0.3 is 10.2 Å². The van der Waals surface area contributed by atoms with E-state index in [0.717, 1.165) is 34.6 Å². The van der Waals surface area contributed by atoms with Gasteiger partial charge in [0.15, 0.2) is 0 Å². The smallest absolute Gasteiger partial charge is 0.265 e. The lowest BCUT2D eigenvalue weighted by atomic mass is 10.0. The lowest BCUT2D eigenvalue weighted by Gasteiger charge is -2.31. The Morgan fingerprint density at radius 2 is 1.79 bits per heavy atom. The van der Waals surface area contributed by atoms with Crippen molar-refractivity contribution in [1.82, 2.24) is 5.32 Å². The maximum Gasteiger partial charge on any atom is 0.265 e. The summed E-state index contributed by atoms with van der Waals surface area (Å²) in [4.78, 5) is 29.5. The summed E-state index contributed by atoms with van der Waals surface area (Å²) in [5.74, 6) is -0.0737. The number of hydrogen-bond acceptors (Lipinski definition) is 3. The second-order valence-electron chi connectivity index (χ2n) is 8.63. The molecule has 1 aliphatic heterocycles. The Bertz CT molecular complexity index is 1230. The Morgan fingerprint density at radius 3 is 2.56 bits per heavy atom. The van der Waals surface area contributed by atoms with Crippen molar-refractivity contribution in [1.29, 1.82) is 0 Å². The first kappa shape index (κ1) is 23.8. The topological polar surface area (TPSA) is 49.4 Å². The second-order valence-corrected chi connectivity index (χ2v) is 9.71. The van der Waals surface area contributed by atoms with Crippen molar-refractivity contribution in [3.63, 3.8) is 0 Å². The Kier molecular flexibility index (Phi) is 7.53. The summed E-state index contributed by atoms with van der Waals surface area (Å²) >= 11 is 1.50. The predicted octanol–water partition coefficient (Wildman–Crippen LogP) is 6.51. The van der Waals surface area contributed by atoms with Crippen molar-refractivity contribution >= 4 is 35.3 Å². The summed E-state index contributed by atoms with van der Waals surface area (Å²) in [6.45, 7) is 7.46. The Labute approximate surface area is 206 Å². The summed E-state index contributed by atoms with van der Waals surface area (Å²) < 4.78 is 0. The Morgan fingerprint density at radius 1 is 1.03 bits per heavy atom. The molecule has 5 heteroatoms. The number of aryl methyl sites for hydroxylation is 2. The molecule has 174 valence electrons. The number of hydrogen-bond donors (Lipinski definition) is 1. The summed E-state index contributed by atoms with van der Waals surface area (Å²) in [7, 11) is 0. The van der Waals surface area contributed by atoms with Crippen molar-refractivity contribution in [2.75, 3.05) is 11.4 Å². The number of unbranched alkanes of at least 4 members (excludes halogenated alkanes) is 1. The molecule has 3 aromatic rings. The number of para-hydroxylation sites is 1. The number of nitrogens with one attached hydrogen (secondary N) is 1. The van der Waals surface area contributed by atoms with Gasteiger partial charge in [-0.2, -0.15) is 0 Å². The minimum Gasteiger partial charge on any atom is -0.352 e. The van der Waals surface area contributed by atoms with Gasteiger partial charge in [0.25, 0.3) is 11.8 Å². The van der Waals surface area contributed by atoms with Gasteiger partial charge in [0.1, 0.15) is 0 Å². The zero-order valence-electron chi connectivity index (χ0n) is 19.9. The molecule has 2 amide bonds. The van der Waals surface area contributed by atoms with Gasteiger partial charge in [0, 0.05) is 17.0 Å². The monoisotopic (exact) mass is 470 g/mol. The molecule has 0 radical (unpaired) electrons. The van der Waals surface area contributed by atoms with Gasteiger partial charge in [-0.05, 0) is 67.3 Å². The first-order chi connectivity index (χ1) is 16.5. The molecule has 0 saturated carbocycles. The van der Waals surface area contributed by atoms with Gasteiger partial charge in [-0.1, -0.05) is 73.1 Å². The van der Waals surface area contributed by atoms with E-state index in [-0.39, 0.29) is 11.8 Å². The second kappa shape index (κ2) is 10.7. The summed E-state index contributed by atoms with van der Waals surface area (Å²) in [5.41, 5.74) is 5.96. The van der Waals surface area contributed by atoms with Crippen LogP contribution in [0.1, 0.15) is 52.4 Å². The third-order valence-electron chi connectivity index (χ3n) is 5.95. The molecular weight excluding hydrogens is 440 g/mol. The van der Waals surface area contributed by atoms with Crippen LogP contribution in [0.4, 0.5) is 5.69 Å². The Balaban J connectivity index is 1.60. The molecule has 4 nitrogen and oxygen atoms in total. The zero-order valence-corrected chi connectivity index (χ0v) is 20.7. The van der Waals surface area contributed by atoms with Gasteiger partial charge >= 0.3 is 0 Å². The first-order valence-corrected chi connectivity index (χ1v) is 12.5. The van der Waals surface area contributed by atoms with Crippen LogP contribution >= 0.6 is 11.8 Å². The molecule has 1 N–H and O–H groups in total. The molecule has 0 bridgehead atoms. The van der Waals surface area contributed by atoms with Gasteiger partial charge in [0.05, 0.1) is 17.1 Å². The normalized spacial score (nSPS) is 14.3. The highest BCUT2D eigenvalue weighted by Gasteiger charge is 2.29. The predicted molar refractivity (Wildman–Crippen MR) is 141 cm³/mol. The highest BCUT2D eigenvalue weighted by atomic mass is 32.2. The van der Waals surface area contributed by atoms with Gasteiger partial charge in [-0.15, -0.1) is 0 Å². The van der Waals surface area contributed by atoms with Crippen molar-refractivity contribution in [2.24, 2.45) is 0 Å². The van der Waals surface area contributed by atoms with Crippen molar-refractivity contribution < 1.29 is 9.59 Å². The highest BCUT2D eigenvalue weighted by Crippen LogP contribution is 2.42. The molecule has 0 saturated heterocycles. The number of fused-ring (bicyclic) bond motifs is 1. The quantitative estimate of drug-likeness (QED) is 0.316. The molecule has 1 heterocycles. The molecule has 0 unspecified atom stereocenters. The van der Waals surface area contributed by atoms with Crippen LogP contribution in [0.2, 0.25) is 0 Å². The van der Waals surface area contributed by atoms with E-state index in [2.05, 4.69) is 50.4 Å². The summed E-state index contributed by atoms with van der Waals surface area (Å²) in [5, 5.41) is 2.94. The molecule has 0 aliphatic carbocycles. The Hall–Kier alpha value is -3.31. The van der Waals surface area contributed by atoms with E-state index >= 15 is 0 Å². The number of amides is 2. The molecule has 0 atom stereocenters. The fourth-order valence-corrected chi connectivity index (χ4v) is 4.98. The lowest BCUT2D eigenvalue weighted by Crippen LogP contribution is -2.34. The van der Waals surface area contributed by atoms with Crippen LogP contribution in [0.3, 0.4) is 0 Å². The van der Waals surface area contributed by atoms with Gasteiger partial charge in [-0.3, -0.25) is 9.59 Å². The number of thioether (sulfide) groups is 1. The van der Waals surface area contributed by atoms with Crippen LogP contribution in [0, 0.1) is 13.8 Å². The molecule has 0 fully saturated rings. The number of anilines is 1. The van der Waals surface area contributed by atoms with E-state index in [4.69, 9.17) is 0 Å². The number of carbonyl (C=O) groups is 2. The van der Waals surface area contributed by atoms with E-state index in [9.17, 15) is 9.59 Å². The molecule has 4 rings (SSSR count). The van der Waals surface area contributed by atoms with E-state index < -0.39 is 0 Å². The third-order valence-corrected chi connectivity index (χ3v) is 7.03. The number of rotatable bonds is 7. The average molecular weight is 471 g/mol. The van der Waals surface area contributed by atoms with Crippen molar-refractivity contribution in [3.8, 4) is 0 Å². The molecule has 3 aromatic carbocycles. The molecule has 0 spiro atoms. The van der Waals surface area contributed by atoms with Crippen molar-refractivity contribution in [2.45, 2.75) is 45.1 Å². The van der Waals surface area contributed by atoms with E-state index in [1.165, 1.54) is 22.9 Å². The lowest BCUT2D eigenvalue weighted by molar-refractivity contribution is -0.114. The third kappa shape index (κ3) is 5.42. The van der Waals surface area contributed by atoms with Gasteiger partial charge in [-0.25, -0.2) is 0 Å². The van der Waals surface area contributed by atoms with Crippen LogP contribution in [0.5, 0.6) is 0 Å². The highest BCUT2D eigenvalue weighted by molar-refractivity contribution is 8.04. The standard InChI is InChI=1S/C29H30N2O2S/c1-4-5-16-30-28(32)23-14-12-22(13-15-23)18-27-29(33)31(25-8-6-7-9-26(25)34-27)19-24-17-20(2)10-11-21(24)3/h6-15,17-18H,4-5,16,19H2,1-3H3,(H,30,32).